The minimum atomic E-state index is -0.973. The topological polar surface area (TPSA) is 66.8 Å². The molecule has 0 heterocycles. The molecule has 0 bridgehead atoms. The van der Waals surface area contributed by atoms with E-state index in [4.69, 9.17) is 9.84 Å². The number of hydrogen-bond donors (Lipinski definition) is 1. The van der Waals surface area contributed by atoms with Gasteiger partial charge < -0.3 is 14.7 Å². The summed E-state index contributed by atoms with van der Waals surface area (Å²) in [4.78, 5) is 23.7. The molecule has 110 valence electrons. The molecule has 0 aliphatic heterocycles. The number of carbonyl (C=O) groups excluding carboxylic acids is 1. The van der Waals surface area contributed by atoms with Crippen LogP contribution in [0.4, 0.5) is 4.39 Å². The summed E-state index contributed by atoms with van der Waals surface area (Å²) in [5.41, 5.74) is 0. The van der Waals surface area contributed by atoms with Gasteiger partial charge in [-0.3, -0.25) is 9.59 Å². The summed E-state index contributed by atoms with van der Waals surface area (Å²) in [5, 5.41) is 8.57. The maximum atomic E-state index is 12.9. The number of nitrogens with zero attached hydrogens (tertiary/aromatic N) is 1. The lowest BCUT2D eigenvalue weighted by Crippen LogP contribution is -2.39. The lowest BCUT2D eigenvalue weighted by molar-refractivity contribution is -0.140. The van der Waals surface area contributed by atoms with Crippen molar-refractivity contribution in [3.8, 4) is 5.75 Å². The number of benzene rings is 1. The SMILES string of the molecule is CC(Oc1ccc(F)cc1Br)C(=O)N(C)CCC(=O)O. The van der Waals surface area contributed by atoms with E-state index in [0.29, 0.717) is 10.2 Å². The van der Waals surface area contributed by atoms with E-state index < -0.39 is 17.9 Å². The van der Waals surface area contributed by atoms with Gasteiger partial charge in [0.2, 0.25) is 0 Å². The molecule has 5 nitrogen and oxygen atoms in total. The Morgan fingerprint density at radius 3 is 2.70 bits per heavy atom. The molecular formula is C13H15BrFNO4. The average Bonchev–Trinajstić information content (AvgIpc) is 2.38. The third kappa shape index (κ3) is 4.80. The van der Waals surface area contributed by atoms with Crippen molar-refractivity contribution in [3.05, 3.63) is 28.5 Å². The van der Waals surface area contributed by atoms with Gasteiger partial charge in [0.25, 0.3) is 5.91 Å². The molecule has 1 rings (SSSR count). The monoisotopic (exact) mass is 347 g/mol. The first-order chi connectivity index (χ1) is 9.31. The van der Waals surface area contributed by atoms with E-state index in [1.54, 1.807) is 6.92 Å². The van der Waals surface area contributed by atoms with Crippen LogP contribution >= 0.6 is 15.9 Å². The summed E-state index contributed by atoms with van der Waals surface area (Å²) in [6.07, 6.45) is -0.926. The lowest BCUT2D eigenvalue weighted by atomic mass is 10.3. The van der Waals surface area contributed by atoms with Crippen molar-refractivity contribution in [2.75, 3.05) is 13.6 Å². The van der Waals surface area contributed by atoms with Crippen molar-refractivity contribution in [3.63, 3.8) is 0 Å². The van der Waals surface area contributed by atoms with Gasteiger partial charge in [0.05, 0.1) is 10.9 Å². The number of halogens is 2. The predicted molar refractivity (Wildman–Crippen MR) is 74.1 cm³/mol. The number of hydrogen-bond acceptors (Lipinski definition) is 3. The quantitative estimate of drug-likeness (QED) is 0.857. The molecule has 7 heteroatoms. The third-order valence-corrected chi connectivity index (χ3v) is 3.20. The second kappa shape index (κ2) is 7.23. The zero-order valence-electron chi connectivity index (χ0n) is 11.1. The van der Waals surface area contributed by atoms with Gasteiger partial charge in [-0.2, -0.15) is 0 Å². The molecule has 0 saturated heterocycles. The molecule has 0 fully saturated rings. The highest BCUT2D eigenvalue weighted by Crippen LogP contribution is 2.26. The van der Waals surface area contributed by atoms with Gasteiger partial charge >= 0.3 is 5.97 Å². The van der Waals surface area contributed by atoms with Gasteiger partial charge in [-0.1, -0.05) is 0 Å². The summed E-state index contributed by atoms with van der Waals surface area (Å²) < 4.78 is 18.8. The largest absolute Gasteiger partial charge is 0.481 e. The maximum Gasteiger partial charge on any atom is 0.305 e. The van der Waals surface area contributed by atoms with Crippen LogP contribution in [-0.2, 0) is 9.59 Å². The minimum Gasteiger partial charge on any atom is -0.481 e. The molecule has 1 aromatic carbocycles. The molecule has 0 aliphatic rings. The number of rotatable bonds is 6. The molecule has 0 spiro atoms. The number of amides is 1. The van der Waals surface area contributed by atoms with Crippen LogP contribution in [0.5, 0.6) is 5.75 Å². The van der Waals surface area contributed by atoms with Crippen LogP contribution in [0.3, 0.4) is 0 Å². The van der Waals surface area contributed by atoms with Crippen LogP contribution in [0, 0.1) is 5.82 Å². The first-order valence-electron chi connectivity index (χ1n) is 5.89. The predicted octanol–water partition coefficient (Wildman–Crippen LogP) is 2.29. The Morgan fingerprint density at radius 1 is 1.50 bits per heavy atom. The fourth-order valence-electron chi connectivity index (χ4n) is 1.50. The van der Waals surface area contributed by atoms with E-state index in [1.807, 2.05) is 0 Å². The van der Waals surface area contributed by atoms with Gasteiger partial charge in [0.15, 0.2) is 6.10 Å². The van der Waals surface area contributed by atoms with E-state index in [9.17, 15) is 14.0 Å². The zero-order valence-corrected chi connectivity index (χ0v) is 12.7. The summed E-state index contributed by atoms with van der Waals surface area (Å²) in [6, 6.07) is 3.88. The van der Waals surface area contributed by atoms with Gasteiger partial charge in [0.1, 0.15) is 11.6 Å². The zero-order chi connectivity index (χ0) is 15.3. The highest BCUT2D eigenvalue weighted by atomic mass is 79.9. The van der Waals surface area contributed by atoms with Gasteiger partial charge in [0, 0.05) is 13.6 Å². The highest BCUT2D eigenvalue weighted by molar-refractivity contribution is 9.10. The summed E-state index contributed by atoms with van der Waals surface area (Å²) >= 11 is 3.14. The van der Waals surface area contributed by atoms with Crippen molar-refractivity contribution in [2.24, 2.45) is 0 Å². The second-order valence-corrected chi connectivity index (χ2v) is 5.09. The number of aliphatic carboxylic acids is 1. The normalized spacial score (nSPS) is 11.8. The first kappa shape index (κ1) is 16.4. The number of likely N-dealkylation sites (N-methyl/N-ethyl adjacent to an activating group) is 1. The van der Waals surface area contributed by atoms with Crippen molar-refractivity contribution in [2.45, 2.75) is 19.4 Å². The van der Waals surface area contributed by atoms with E-state index in [1.165, 1.54) is 30.1 Å². The fourth-order valence-corrected chi connectivity index (χ4v) is 1.94. The molecule has 1 aromatic rings. The van der Waals surface area contributed by atoms with Crippen LogP contribution in [0.15, 0.2) is 22.7 Å². The second-order valence-electron chi connectivity index (χ2n) is 4.24. The molecular weight excluding hydrogens is 333 g/mol. The Kier molecular flexibility index (Phi) is 5.94. The molecule has 0 saturated carbocycles. The number of carbonyl (C=O) groups is 2. The maximum absolute atomic E-state index is 12.9. The Hall–Kier alpha value is -1.63. The van der Waals surface area contributed by atoms with Gasteiger partial charge in [-0.25, -0.2) is 4.39 Å². The number of ether oxygens (including phenoxy) is 1. The van der Waals surface area contributed by atoms with Crippen molar-refractivity contribution in [1.29, 1.82) is 0 Å². The molecule has 0 radical (unpaired) electrons. The van der Waals surface area contributed by atoms with Crippen LogP contribution in [0.1, 0.15) is 13.3 Å². The van der Waals surface area contributed by atoms with E-state index in [2.05, 4.69) is 15.9 Å². The van der Waals surface area contributed by atoms with Gasteiger partial charge in [-0.15, -0.1) is 0 Å². The van der Waals surface area contributed by atoms with E-state index >= 15 is 0 Å². The molecule has 0 aromatic heterocycles. The molecule has 1 atom stereocenters. The van der Waals surface area contributed by atoms with Crippen molar-refractivity contribution in [1.82, 2.24) is 4.90 Å². The molecule has 1 unspecified atom stereocenters. The Balaban J connectivity index is 2.63. The Morgan fingerprint density at radius 2 is 2.15 bits per heavy atom. The molecule has 0 aliphatic carbocycles. The summed E-state index contributed by atoms with van der Waals surface area (Å²) in [6.45, 7) is 1.65. The van der Waals surface area contributed by atoms with Crippen LogP contribution in [0.25, 0.3) is 0 Å². The fraction of sp³-hybridized carbons (Fsp3) is 0.385. The number of carboxylic acid groups (broad SMARTS) is 1. The van der Waals surface area contributed by atoms with E-state index in [0.717, 1.165) is 0 Å². The third-order valence-electron chi connectivity index (χ3n) is 2.58. The van der Waals surface area contributed by atoms with E-state index in [-0.39, 0.29) is 18.9 Å². The standard InChI is InChI=1S/C13H15BrFNO4/c1-8(13(19)16(2)6-5-12(17)18)20-11-4-3-9(15)7-10(11)14/h3-4,7-8H,5-6H2,1-2H3,(H,17,18). The molecule has 20 heavy (non-hydrogen) atoms. The van der Waals surface area contributed by atoms with Gasteiger partial charge in [-0.05, 0) is 41.1 Å². The van der Waals surface area contributed by atoms with Crippen LogP contribution in [-0.4, -0.2) is 41.6 Å². The Labute approximate surface area is 124 Å². The van der Waals surface area contributed by atoms with Crippen LogP contribution < -0.4 is 4.74 Å². The summed E-state index contributed by atoms with van der Waals surface area (Å²) in [5.74, 6) is -1.39. The van der Waals surface area contributed by atoms with Crippen molar-refractivity contribution < 1.29 is 23.8 Å². The highest BCUT2D eigenvalue weighted by Gasteiger charge is 2.20. The first-order valence-corrected chi connectivity index (χ1v) is 6.69. The average molecular weight is 348 g/mol. The van der Waals surface area contributed by atoms with Crippen molar-refractivity contribution >= 4 is 27.8 Å². The van der Waals surface area contributed by atoms with Crippen LogP contribution in [0.2, 0.25) is 0 Å². The molecule has 1 amide bonds. The molecule has 1 N–H and O–H groups in total. The number of carboxylic acids is 1. The summed E-state index contributed by atoms with van der Waals surface area (Å²) in [7, 11) is 1.50. The lowest BCUT2D eigenvalue weighted by Gasteiger charge is -2.22. The smallest absolute Gasteiger partial charge is 0.305 e. The Bertz CT molecular complexity index is 509. The minimum absolute atomic E-state index is 0.104.